The van der Waals surface area contributed by atoms with E-state index in [2.05, 4.69) is 39.7 Å². The van der Waals surface area contributed by atoms with Gasteiger partial charge < -0.3 is 5.32 Å². The molecule has 0 aliphatic rings. The van der Waals surface area contributed by atoms with Crippen molar-refractivity contribution in [3.05, 3.63) is 90.1 Å². The highest BCUT2D eigenvalue weighted by Crippen LogP contribution is 2.24. The van der Waals surface area contributed by atoms with E-state index in [1.54, 1.807) is 24.5 Å². The standard InChI is InChI=1S/C21H20FN5/c1-15(19-5-2-3-6-20(19)27-12-4-11-25-27)23-13-17-14-24-26-21(17)16-7-9-18(22)10-8-16/h2-12,14-15,23H,13H2,1H3,(H,24,26). The predicted octanol–water partition coefficient (Wildman–Crippen LogP) is 4.25. The Morgan fingerprint density at radius 3 is 2.70 bits per heavy atom. The van der Waals surface area contributed by atoms with Gasteiger partial charge >= 0.3 is 0 Å². The molecule has 4 rings (SSSR count). The first-order chi connectivity index (χ1) is 13.2. The van der Waals surface area contributed by atoms with Crippen LogP contribution in [0.1, 0.15) is 24.1 Å². The lowest BCUT2D eigenvalue weighted by atomic mass is 10.0. The van der Waals surface area contributed by atoms with E-state index in [0.717, 1.165) is 28.1 Å². The Labute approximate surface area is 156 Å². The van der Waals surface area contributed by atoms with Crippen LogP contribution < -0.4 is 5.32 Å². The van der Waals surface area contributed by atoms with Crippen LogP contribution in [-0.4, -0.2) is 20.0 Å². The normalized spacial score (nSPS) is 12.2. The number of H-pyrrole nitrogens is 1. The molecule has 4 aromatic rings. The summed E-state index contributed by atoms with van der Waals surface area (Å²) in [5.74, 6) is -0.248. The smallest absolute Gasteiger partial charge is 0.123 e. The minimum atomic E-state index is -0.248. The second-order valence-corrected chi connectivity index (χ2v) is 6.39. The van der Waals surface area contributed by atoms with Gasteiger partial charge in [0, 0.05) is 36.1 Å². The van der Waals surface area contributed by atoms with Crippen molar-refractivity contribution in [1.29, 1.82) is 0 Å². The molecule has 0 amide bonds. The minimum absolute atomic E-state index is 0.112. The summed E-state index contributed by atoms with van der Waals surface area (Å²) in [4.78, 5) is 0. The summed E-state index contributed by atoms with van der Waals surface area (Å²) in [5.41, 5.74) is 5.05. The lowest BCUT2D eigenvalue weighted by Crippen LogP contribution is -2.20. The summed E-state index contributed by atoms with van der Waals surface area (Å²) in [6, 6.07) is 16.6. The fourth-order valence-corrected chi connectivity index (χ4v) is 3.16. The van der Waals surface area contributed by atoms with Crippen LogP contribution in [-0.2, 0) is 6.54 Å². The average molecular weight is 361 g/mol. The molecule has 1 atom stereocenters. The molecule has 1 unspecified atom stereocenters. The number of hydrogen-bond acceptors (Lipinski definition) is 3. The summed E-state index contributed by atoms with van der Waals surface area (Å²) in [6.45, 7) is 2.76. The molecule has 136 valence electrons. The number of para-hydroxylation sites is 1. The molecular formula is C21H20FN5. The molecule has 2 N–H and O–H groups in total. The van der Waals surface area contributed by atoms with Gasteiger partial charge in [0.2, 0.25) is 0 Å². The van der Waals surface area contributed by atoms with Crippen molar-refractivity contribution in [3.8, 4) is 16.9 Å². The molecule has 0 aliphatic carbocycles. The molecule has 0 saturated carbocycles. The number of hydrogen-bond donors (Lipinski definition) is 2. The second-order valence-electron chi connectivity index (χ2n) is 6.39. The van der Waals surface area contributed by atoms with Gasteiger partial charge in [-0.2, -0.15) is 10.2 Å². The van der Waals surface area contributed by atoms with E-state index in [1.807, 2.05) is 29.1 Å². The van der Waals surface area contributed by atoms with Gasteiger partial charge in [-0.05, 0) is 48.9 Å². The van der Waals surface area contributed by atoms with E-state index < -0.39 is 0 Å². The third-order valence-electron chi connectivity index (χ3n) is 4.60. The van der Waals surface area contributed by atoms with Gasteiger partial charge in [0.25, 0.3) is 0 Å². The average Bonchev–Trinajstić information content (AvgIpc) is 3.39. The molecule has 2 heterocycles. The summed E-state index contributed by atoms with van der Waals surface area (Å²) in [5, 5.41) is 15.1. The van der Waals surface area contributed by atoms with Crippen LogP contribution in [0.15, 0.2) is 73.2 Å². The number of aromatic nitrogens is 4. The molecule has 6 heteroatoms. The highest BCUT2D eigenvalue weighted by molar-refractivity contribution is 5.62. The molecule has 0 aliphatic heterocycles. The first-order valence-corrected chi connectivity index (χ1v) is 8.83. The zero-order valence-corrected chi connectivity index (χ0v) is 14.9. The SMILES string of the molecule is CC(NCc1cn[nH]c1-c1ccc(F)cc1)c1ccccc1-n1cccn1. The van der Waals surface area contributed by atoms with E-state index in [4.69, 9.17) is 0 Å². The number of aromatic amines is 1. The highest BCUT2D eigenvalue weighted by Gasteiger charge is 2.14. The summed E-state index contributed by atoms with van der Waals surface area (Å²) < 4.78 is 15.0. The van der Waals surface area contributed by atoms with Gasteiger partial charge in [-0.25, -0.2) is 9.07 Å². The zero-order chi connectivity index (χ0) is 18.6. The van der Waals surface area contributed by atoms with Crippen molar-refractivity contribution in [3.63, 3.8) is 0 Å². The molecule has 0 fully saturated rings. The Morgan fingerprint density at radius 1 is 1.11 bits per heavy atom. The fourth-order valence-electron chi connectivity index (χ4n) is 3.16. The maximum Gasteiger partial charge on any atom is 0.123 e. The van der Waals surface area contributed by atoms with Gasteiger partial charge in [0.15, 0.2) is 0 Å². The van der Waals surface area contributed by atoms with Crippen molar-refractivity contribution in [1.82, 2.24) is 25.3 Å². The Morgan fingerprint density at radius 2 is 1.93 bits per heavy atom. The van der Waals surface area contributed by atoms with Gasteiger partial charge in [-0.3, -0.25) is 5.10 Å². The van der Waals surface area contributed by atoms with Gasteiger partial charge in [0.1, 0.15) is 5.82 Å². The molecule has 2 aromatic carbocycles. The quantitative estimate of drug-likeness (QED) is 0.540. The maximum atomic E-state index is 13.2. The topological polar surface area (TPSA) is 58.5 Å². The third kappa shape index (κ3) is 3.66. The Bertz CT molecular complexity index is 1010. The molecular weight excluding hydrogens is 341 g/mol. The number of nitrogens with zero attached hydrogens (tertiary/aromatic N) is 3. The van der Waals surface area contributed by atoms with E-state index in [9.17, 15) is 4.39 Å². The van der Waals surface area contributed by atoms with Gasteiger partial charge in [0.05, 0.1) is 17.6 Å². The Hall–Kier alpha value is -3.25. The molecule has 5 nitrogen and oxygen atoms in total. The first kappa shape index (κ1) is 17.2. The lowest BCUT2D eigenvalue weighted by molar-refractivity contribution is 0.571. The summed E-state index contributed by atoms with van der Waals surface area (Å²) in [7, 11) is 0. The predicted molar refractivity (Wildman–Crippen MR) is 103 cm³/mol. The fraction of sp³-hybridized carbons (Fsp3) is 0.143. The molecule has 0 radical (unpaired) electrons. The number of rotatable bonds is 6. The van der Waals surface area contributed by atoms with Gasteiger partial charge in [-0.15, -0.1) is 0 Å². The Kier molecular flexibility index (Phi) is 4.80. The van der Waals surface area contributed by atoms with Crippen LogP contribution in [0.2, 0.25) is 0 Å². The number of benzene rings is 2. The minimum Gasteiger partial charge on any atom is -0.306 e. The van der Waals surface area contributed by atoms with Crippen LogP contribution in [0.25, 0.3) is 16.9 Å². The largest absolute Gasteiger partial charge is 0.306 e. The second kappa shape index (κ2) is 7.55. The van der Waals surface area contributed by atoms with Crippen molar-refractivity contribution >= 4 is 0 Å². The van der Waals surface area contributed by atoms with E-state index in [-0.39, 0.29) is 11.9 Å². The van der Waals surface area contributed by atoms with Crippen LogP contribution in [0.4, 0.5) is 4.39 Å². The van der Waals surface area contributed by atoms with Crippen molar-refractivity contribution in [2.45, 2.75) is 19.5 Å². The van der Waals surface area contributed by atoms with E-state index in [0.29, 0.717) is 6.54 Å². The van der Waals surface area contributed by atoms with E-state index >= 15 is 0 Å². The molecule has 2 aromatic heterocycles. The summed E-state index contributed by atoms with van der Waals surface area (Å²) in [6.07, 6.45) is 5.52. The van der Waals surface area contributed by atoms with Crippen LogP contribution in [0.3, 0.4) is 0 Å². The zero-order valence-electron chi connectivity index (χ0n) is 14.9. The van der Waals surface area contributed by atoms with Gasteiger partial charge in [-0.1, -0.05) is 18.2 Å². The van der Waals surface area contributed by atoms with Crippen LogP contribution >= 0.6 is 0 Å². The van der Waals surface area contributed by atoms with Crippen molar-refractivity contribution in [2.24, 2.45) is 0 Å². The van der Waals surface area contributed by atoms with Crippen molar-refractivity contribution < 1.29 is 4.39 Å². The third-order valence-corrected chi connectivity index (χ3v) is 4.60. The monoisotopic (exact) mass is 361 g/mol. The van der Waals surface area contributed by atoms with Crippen LogP contribution in [0, 0.1) is 5.82 Å². The summed E-state index contributed by atoms with van der Waals surface area (Å²) >= 11 is 0. The van der Waals surface area contributed by atoms with E-state index in [1.165, 1.54) is 12.1 Å². The lowest BCUT2D eigenvalue weighted by Gasteiger charge is -2.18. The van der Waals surface area contributed by atoms with Crippen molar-refractivity contribution in [2.75, 3.05) is 0 Å². The highest BCUT2D eigenvalue weighted by atomic mass is 19.1. The van der Waals surface area contributed by atoms with Crippen LogP contribution in [0.5, 0.6) is 0 Å². The first-order valence-electron chi connectivity index (χ1n) is 8.83. The molecule has 0 spiro atoms. The number of halogens is 1. The Balaban J connectivity index is 1.52. The molecule has 0 saturated heterocycles. The molecule has 0 bridgehead atoms. The number of nitrogens with one attached hydrogen (secondary N) is 2. The maximum absolute atomic E-state index is 13.2. The molecule has 27 heavy (non-hydrogen) atoms.